The molecule has 1 rings (SSSR count). The van der Waals surface area contributed by atoms with Crippen LogP contribution in [0.4, 0.5) is 0 Å². The summed E-state index contributed by atoms with van der Waals surface area (Å²) in [5, 5.41) is 9.65. The molecule has 142 valence electrons. The van der Waals surface area contributed by atoms with Gasteiger partial charge < -0.3 is 16.0 Å². The Hall–Kier alpha value is -0.530. The van der Waals surface area contributed by atoms with Gasteiger partial charge in [-0.05, 0) is 51.4 Å². The van der Waals surface area contributed by atoms with Gasteiger partial charge in [-0.3, -0.25) is 9.79 Å². The topological polar surface area (TPSA) is 65.5 Å². The molecule has 3 N–H and O–H groups in total. The molecule has 0 aromatic heterocycles. The SMILES string of the molecule is CCNC(=O)C(C)(C)CNC(=NC)NCC1(CC(C)C)CCC1.I. The second kappa shape index (κ2) is 10.5. The Morgan fingerprint density at radius 2 is 1.83 bits per heavy atom. The van der Waals surface area contributed by atoms with Crippen molar-refractivity contribution in [1.29, 1.82) is 0 Å². The molecule has 0 bridgehead atoms. The van der Waals surface area contributed by atoms with Gasteiger partial charge in [-0.1, -0.05) is 20.3 Å². The highest BCUT2D eigenvalue weighted by Crippen LogP contribution is 2.45. The predicted octanol–water partition coefficient (Wildman–Crippen LogP) is 3.15. The molecule has 1 amide bonds. The number of carbonyl (C=O) groups excluding carboxylic acids is 1. The van der Waals surface area contributed by atoms with Crippen LogP contribution in [0.2, 0.25) is 0 Å². The van der Waals surface area contributed by atoms with Crippen LogP contribution in [-0.2, 0) is 4.79 Å². The van der Waals surface area contributed by atoms with Crippen molar-refractivity contribution >= 4 is 35.8 Å². The molecule has 0 saturated heterocycles. The van der Waals surface area contributed by atoms with E-state index in [1.165, 1.54) is 25.7 Å². The Balaban J connectivity index is 0.00000529. The van der Waals surface area contributed by atoms with Crippen LogP contribution in [0.15, 0.2) is 4.99 Å². The zero-order valence-electron chi connectivity index (χ0n) is 16.3. The first-order chi connectivity index (χ1) is 10.7. The number of aliphatic imine (C=N–C) groups is 1. The molecule has 0 spiro atoms. The normalized spacial score (nSPS) is 16.9. The molecule has 0 radical (unpaired) electrons. The molecule has 0 aromatic rings. The van der Waals surface area contributed by atoms with Crippen molar-refractivity contribution in [2.24, 2.45) is 21.7 Å². The first kappa shape index (κ1) is 23.5. The highest BCUT2D eigenvalue weighted by atomic mass is 127. The first-order valence-electron chi connectivity index (χ1n) is 8.97. The van der Waals surface area contributed by atoms with Crippen LogP contribution in [0.25, 0.3) is 0 Å². The Morgan fingerprint density at radius 3 is 2.25 bits per heavy atom. The number of hydrogen-bond acceptors (Lipinski definition) is 2. The average Bonchev–Trinajstić information content (AvgIpc) is 2.44. The van der Waals surface area contributed by atoms with E-state index in [2.05, 4.69) is 34.8 Å². The van der Waals surface area contributed by atoms with E-state index in [0.717, 1.165) is 18.4 Å². The molecule has 0 heterocycles. The van der Waals surface area contributed by atoms with E-state index in [0.29, 0.717) is 18.5 Å². The van der Waals surface area contributed by atoms with Gasteiger partial charge in [0.2, 0.25) is 5.91 Å². The van der Waals surface area contributed by atoms with Gasteiger partial charge in [0.25, 0.3) is 0 Å². The number of carbonyl (C=O) groups is 1. The Bertz CT molecular complexity index is 417. The largest absolute Gasteiger partial charge is 0.356 e. The van der Waals surface area contributed by atoms with Gasteiger partial charge in [0.05, 0.1) is 5.41 Å². The number of guanidine groups is 1. The average molecular weight is 452 g/mol. The Labute approximate surface area is 165 Å². The predicted molar refractivity (Wildman–Crippen MR) is 113 cm³/mol. The molecular weight excluding hydrogens is 415 g/mol. The van der Waals surface area contributed by atoms with Crippen molar-refractivity contribution in [1.82, 2.24) is 16.0 Å². The number of hydrogen-bond donors (Lipinski definition) is 3. The molecule has 1 aliphatic rings. The summed E-state index contributed by atoms with van der Waals surface area (Å²) in [6.45, 7) is 12.6. The molecule has 0 aliphatic heterocycles. The van der Waals surface area contributed by atoms with E-state index in [1.54, 1.807) is 7.05 Å². The van der Waals surface area contributed by atoms with E-state index >= 15 is 0 Å². The number of nitrogens with one attached hydrogen (secondary N) is 3. The lowest BCUT2D eigenvalue weighted by Gasteiger charge is -2.43. The van der Waals surface area contributed by atoms with Gasteiger partial charge in [-0.25, -0.2) is 0 Å². The van der Waals surface area contributed by atoms with Crippen LogP contribution in [0.1, 0.15) is 60.3 Å². The fourth-order valence-corrected chi connectivity index (χ4v) is 3.27. The molecule has 0 atom stereocenters. The lowest BCUT2D eigenvalue weighted by Crippen LogP contribution is -2.50. The number of rotatable bonds is 8. The second-order valence-corrected chi connectivity index (χ2v) is 7.97. The van der Waals surface area contributed by atoms with Crippen molar-refractivity contribution in [3.05, 3.63) is 0 Å². The molecule has 24 heavy (non-hydrogen) atoms. The van der Waals surface area contributed by atoms with Gasteiger partial charge in [0.15, 0.2) is 5.96 Å². The number of nitrogens with zero attached hydrogens (tertiary/aromatic N) is 1. The van der Waals surface area contributed by atoms with Crippen LogP contribution in [-0.4, -0.2) is 38.5 Å². The van der Waals surface area contributed by atoms with Crippen molar-refractivity contribution in [2.75, 3.05) is 26.7 Å². The summed E-state index contributed by atoms with van der Waals surface area (Å²) in [4.78, 5) is 16.3. The molecule has 0 aromatic carbocycles. The van der Waals surface area contributed by atoms with Gasteiger partial charge in [0.1, 0.15) is 0 Å². The van der Waals surface area contributed by atoms with Crippen LogP contribution in [0, 0.1) is 16.7 Å². The van der Waals surface area contributed by atoms with Gasteiger partial charge >= 0.3 is 0 Å². The minimum atomic E-state index is -0.459. The Kier molecular flexibility index (Phi) is 10.2. The summed E-state index contributed by atoms with van der Waals surface area (Å²) >= 11 is 0. The summed E-state index contributed by atoms with van der Waals surface area (Å²) in [6.07, 6.45) is 5.21. The summed E-state index contributed by atoms with van der Waals surface area (Å²) in [5.41, 5.74) is -0.0272. The maximum absolute atomic E-state index is 12.0. The fourth-order valence-electron chi connectivity index (χ4n) is 3.27. The minimum absolute atomic E-state index is 0. The monoisotopic (exact) mass is 452 g/mol. The molecule has 0 unspecified atom stereocenters. The van der Waals surface area contributed by atoms with Crippen LogP contribution in [0.5, 0.6) is 0 Å². The van der Waals surface area contributed by atoms with Crippen molar-refractivity contribution in [3.63, 3.8) is 0 Å². The Morgan fingerprint density at radius 1 is 1.21 bits per heavy atom. The second-order valence-electron chi connectivity index (χ2n) is 7.97. The molecule has 1 saturated carbocycles. The summed E-state index contributed by atoms with van der Waals surface area (Å²) < 4.78 is 0. The number of amides is 1. The van der Waals surface area contributed by atoms with E-state index in [1.807, 2.05) is 20.8 Å². The van der Waals surface area contributed by atoms with Crippen molar-refractivity contribution in [2.45, 2.75) is 60.3 Å². The minimum Gasteiger partial charge on any atom is -0.356 e. The van der Waals surface area contributed by atoms with E-state index in [9.17, 15) is 4.79 Å². The van der Waals surface area contributed by atoms with E-state index < -0.39 is 5.41 Å². The molecule has 1 fully saturated rings. The summed E-state index contributed by atoms with van der Waals surface area (Å²) in [7, 11) is 1.78. The first-order valence-corrected chi connectivity index (χ1v) is 8.97. The maximum Gasteiger partial charge on any atom is 0.227 e. The van der Waals surface area contributed by atoms with E-state index in [-0.39, 0.29) is 29.9 Å². The zero-order valence-corrected chi connectivity index (χ0v) is 18.6. The summed E-state index contributed by atoms with van der Waals surface area (Å²) in [5.74, 6) is 1.58. The van der Waals surface area contributed by atoms with Crippen molar-refractivity contribution < 1.29 is 4.79 Å². The van der Waals surface area contributed by atoms with E-state index in [4.69, 9.17) is 0 Å². The molecule has 1 aliphatic carbocycles. The third-order valence-corrected chi connectivity index (χ3v) is 4.76. The quantitative estimate of drug-likeness (QED) is 0.301. The molecule has 5 nitrogen and oxygen atoms in total. The lowest BCUT2D eigenvalue weighted by molar-refractivity contribution is -0.128. The highest BCUT2D eigenvalue weighted by Gasteiger charge is 2.37. The van der Waals surface area contributed by atoms with Gasteiger partial charge in [0, 0.05) is 26.7 Å². The van der Waals surface area contributed by atoms with Crippen LogP contribution >= 0.6 is 24.0 Å². The smallest absolute Gasteiger partial charge is 0.227 e. The third kappa shape index (κ3) is 7.15. The van der Waals surface area contributed by atoms with Gasteiger partial charge in [-0.15, -0.1) is 24.0 Å². The fraction of sp³-hybridized carbons (Fsp3) is 0.889. The maximum atomic E-state index is 12.0. The molecule has 6 heteroatoms. The van der Waals surface area contributed by atoms with Gasteiger partial charge in [-0.2, -0.15) is 0 Å². The summed E-state index contributed by atoms with van der Waals surface area (Å²) in [6, 6.07) is 0. The van der Waals surface area contributed by atoms with Crippen molar-refractivity contribution in [3.8, 4) is 0 Å². The lowest BCUT2D eigenvalue weighted by atomic mass is 9.64. The standard InChI is InChI=1S/C18H36N4O.HI/c1-7-20-15(23)17(4,5)12-21-16(19-6)22-13-18(9-8-10-18)11-14(2)3;/h14H,7-13H2,1-6H3,(H,20,23)(H2,19,21,22);1H. The third-order valence-electron chi connectivity index (χ3n) is 4.76. The molecular formula is C18H37IN4O. The number of halogens is 1. The van der Waals surface area contributed by atoms with Crippen LogP contribution in [0.3, 0.4) is 0 Å². The zero-order chi connectivity index (χ0) is 17.5. The van der Waals surface area contributed by atoms with Crippen LogP contribution < -0.4 is 16.0 Å². The highest BCUT2D eigenvalue weighted by molar-refractivity contribution is 14.0.